The van der Waals surface area contributed by atoms with E-state index in [-0.39, 0.29) is 12.4 Å². The zero-order valence-corrected chi connectivity index (χ0v) is 10.7. The third-order valence-corrected chi connectivity index (χ3v) is 3.51. The van der Waals surface area contributed by atoms with Crippen molar-refractivity contribution in [3.05, 3.63) is 71.5 Å². The smallest absolute Gasteiger partial charge is 0.123 e. The SMILES string of the molecule is NCC(CO)(Cc1cccc(F)c1)c1ccccc1. The number of halogens is 1. The lowest BCUT2D eigenvalue weighted by atomic mass is 9.76. The summed E-state index contributed by atoms with van der Waals surface area (Å²) in [6, 6.07) is 16.1. The van der Waals surface area contributed by atoms with E-state index >= 15 is 0 Å². The van der Waals surface area contributed by atoms with Crippen molar-refractivity contribution in [3.8, 4) is 0 Å². The zero-order chi connectivity index (χ0) is 13.7. The lowest BCUT2D eigenvalue weighted by Gasteiger charge is -2.31. The Morgan fingerprint density at radius 1 is 1.05 bits per heavy atom. The van der Waals surface area contributed by atoms with Gasteiger partial charge in [0.2, 0.25) is 0 Å². The van der Waals surface area contributed by atoms with Crippen LogP contribution in [0.4, 0.5) is 4.39 Å². The molecule has 1 atom stereocenters. The molecule has 0 aromatic heterocycles. The topological polar surface area (TPSA) is 46.2 Å². The fourth-order valence-corrected chi connectivity index (χ4v) is 2.33. The molecule has 0 amide bonds. The van der Waals surface area contributed by atoms with Crippen molar-refractivity contribution in [2.75, 3.05) is 13.2 Å². The maximum atomic E-state index is 13.3. The van der Waals surface area contributed by atoms with Crippen LogP contribution in [-0.2, 0) is 11.8 Å². The van der Waals surface area contributed by atoms with Crippen LogP contribution >= 0.6 is 0 Å². The summed E-state index contributed by atoms with van der Waals surface area (Å²) in [5, 5.41) is 9.79. The number of aliphatic hydroxyl groups is 1. The van der Waals surface area contributed by atoms with Gasteiger partial charge in [-0.3, -0.25) is 0 Å². The van der Waals surface area contributed by atoms with Gasteiger partial charge in [-0.05, 0) is 29.7 Å². The lowest BCUT2D eigenvalue weighted by Crippen LogP contribution is -2.41. The molecule has 0 saturated heterocycles. The maximum Gasteiger partial charge on any atom is 0.123 e. The molecule has 0 bridgehead atoms. The van der Waals surface area contributed by atoms with E-state index in [1.54, 1.807) is 6.07 Å². The number of benzene rings is 2. The Hall–Kier alpha value is -1.71. The van der Waals surface area contributed by atoms with E-state index in [1.165, 1.54) is 12.1 Å². The van der Waals surface area contributed by atoms with Gasteiger partial charge in [-0.1, -0.05) is 42.5 Å². The molecule has 0 radical (unpaired) electrons. The number of rotatable bonds is 5. The number of hydrogen-bond donors (Lipinski definition) is 2. The van der Waals surface area contributed by atoms with E-state index in [2.05, 4.69) is 0 Å². The average molecular weight is 259 g/mol. The fraction of sp³-hybridized carbons (Fsp3) is 0.250. The molecule has 0 spiro atoms. The summed E-state index contributed by atoms with van der Waals surface area (Å²) in [6.45, 7) is 0.244. The number of aliphatic hydroxyl groups excluding tert-OH is 1. The molecule has 0 fully saturated rings. The molecule has 2 rings (SSSR count). The van der Waals surface area contributed by atoms with Crippen molar-refractivity contribution >= 4 is 0 Å². The minimum Gasteiger partial charge on any atom is -0.395 e. The van der Waals surface area contributed by atoms with Crippen molar-refractivity contribution in [2.45, 2.75) is 11.8 Å². The van der Waals surface area contributed by atoms with Crippen molar-refractivity contribution in [2.24, 2.45) is 5.73 Å². The first-order valence-corrected chi connectivity index (χ1v) is 6.31. The second-order valence-corrected chi connectivity index (χ2v) is 4.82. The summed E-state index contributed by atoms with van der Waals surface area (Å²) in [5.41, 5.74) is 7.13. The predicted octanol–water partition coefficient (Wildman–Crippen LogP) is 2.26. The summed E-state index contributed by atoms with van der Waals surface area (Å²) in [6.07, 6.45) is 0.516. The minimum absolute atomic E-state index is 0.0654. The van der Waals surface area contributed by atoms with Gasteiger partial charge >= 0.3 is 0 Å². The monoisotopic (exact) mass is 259 g/mol. The predicted molar refractivity (Wildman–Crippen MR) is 74.4 cm³/mol. The van der Waals surface area contributed by atoms with Crippen LogP contribution in [0, 0.1) is 5.82 Å². The summed E-state index contributed by atoms with van der Waals surface area (Å²) in [5.74, 6) is -0.269. The van der Waals surface area contributed by atoms with Gasteiger partial charge in [-0.15, -0.1) is 0 Å². The van der Waals surface area contributed by atoms with Gasteiger partial charge in [0.25, 0.3) is 0 Å². The average Bonchev–Trinajstić information content (AvgIpc) is 2.46. The second kappa shape index (κ2) is 5.95. The van der Waals surface area contributed by atoms with Gasteiger partial charge in [0.05, 0.1) is 6.61 Å². The standard InChI is InChI=1S/C16H18FNO/c17-15-8-4-5-13(9-15)10-16(11-18,12-19)14-6-2-1-3-7-14/h1-9,19H,10-12,18H2. The molecule has 0 aliphatic carbocycles. The molecule has 0 aliphatic heterocycles. The molecule has 3 N–H and O–H groups in total. The molecule has 0 aliphatic rings. The van der Waals surface area contributed by atoms with Crippen LogP contribution in [0.2, 0.25) is 0 Å². The van der Waals surface area contributed by atoms with Crippen LogP contribution in [0.15, 0.2) is 54.6 Å². The Balaban J connectivity index is 2.35. The molecule has 1 unspecified atom stereocenters. The second-order valence-electron chi connectivity index (χ2n) is 4.82. The Kier molecular flexibility index (Phi) is 4.30. The summed E-state index contributed by atoms with van der Waals surface area (Å²) < 4.78 is 13.3. The molecular formula is C16H18FNO. The van der Waals surface area contributed by atoms with E-state index in [1.807, 2.05) is 36.4 Å². The van der Waals surface area contributed by atoms with Crippen LogP contribution in [-0.4, -0.2) is 18.3 Å². The highest BCUT2D eigenvalue weighted by atomic mass is 19.1. The fourth-order valence-electron chi connectivity index (χ4n) is 2.33. The maximum absolute atomic E-state index is 13.3. The molecule has 2 nitrogen and oxygen atoms in total. The Bertz CT molecular complexity index is 523. The van der Waals surface area contributed by atoms with Crippen LogP contribution in [0.5, 0.6) is 0 Å². The van der Waals surface area contributed by atoms with E-state index < -0.39 is 5.41 Å². The van der Waals surface area contributed by atoms with Crippen LogP contribution in [0.25, 0.3) is 0 Å². The molecule has 19 heavy (non-hydrogen) atoms. The summed E-state index contributed by atoms with van der Waals surface area (Å²) >= 11 is 0. The number of nitrogens with two attached hydrogens (primary N) is 1. The third-order valence-electron chi connectivity index (χ3n) is 3.51. The molecule has 0 heterocycles. The van der Waals surface area contributed by atoms with Crippen molar-refractivity contribution in [3.63, 3.8) is 0 Å². The quantitative estimate of drug-likeness (QED) is 0.865. The normalized spacial score (nSPS) is 14.1. The van der Waals surface area contributed by atoms with E-state index in [0.29, 0.717) is 13.0 Å². The molecule has 2 aromatic rings. The highest BCUT2D eigenvalue weighted by Crippen LogP contribution is 2.27. The first-order chi connectivity index (χ1) is 9.20. The minimum atomic E-state index is -0.560. The largest absolute Gasteiger partial charge is 0.395 e. The van der Waals surface area contributed by atoms with Crippen molar-refractivity contribution in [1.82, 2.24) is 0 Å². The summed E-state index contributed by atoms with van der Waals surface area (Å²) in [4.78, 5) is 0. The highest BCUT2D eigenvalue weighted by molar-refractivity contribution is 5.30. The molecular weight excluding hydrogens is 241 g/mol. The van der Waals surface area contributed by atoms with Crippen LogP contribution in [0.1, 0.15) is 11.1 Å². The molecule has 3 heteroatoms. The van der Waals surface area contributed by atoms with Crippen molar-refractivity contribution < 1.29 is 9.50 Å². The molecule has 2 aromatic carbocycles. The van der Waals surface area contributed by atoms with Gasteiger partial charge in [0.1, 0.15) is 5.82 Å². The highest BCUT2D eigenvalue weighted by Gasteiger charge is 2.30. The van der Waals surface area contributed by atoms with E-state index in [0.717, 1.165) is 11.1 Å². The van der Waals surface area contributed by atoms with E-state index in [9.17, 15) is 9.50 Å². The molecule has 100 valence electrons. The van der Waals surface area contributed by atoms with Gasteiger partial charge < -0.3 is 10.8 Å². The Labute approximate surface area is 112 Å². The van der Waals surface area contributed by atoms with E-state index in [4.69, 9.17) is 5.73 Å². The Morgan fingerprint density at radius 3 is 2.37 bits per heavy atom. The molecule has 0 saturated carbocycles. The first kappa shape index (κ1) is 13.7. The zero-order valence-electron chi connectivity index (χ0n) is 10.7. The van der Waals surface area contributed by atoms with Crippen molar-refractivity contribution in [1.29, 1.82) is 0 Å². The summed E-state index contributed by atoms with van der Waals surface area (Å²) in [7, 11) is 0. The third kappa shape index (κ3) is 3.00. The van der Waals surface area contributed by atoms with Gasteiger partial charge in [-0.2, -0.15) is 0 Å². The van der Waals surface area contributed by atoms with Crippen LogP contribution in [0.3, 0.4) is 0 Å². The Morgan fingerprint density at radius 2 is 1.79 bits per heavy atom. The van der Waals surface area contributed by atoms with Crippen LogP contribution < -0.4 is 5.73 Å². The van der Waals surface area contributed by atoms with Gasteiger partial charge in [-0.25, -0.2) is 4.39 Å². The lowest BCUT2D eigenvalue weighted by molar-refractivity contribution is 0.196. The number of hydrogen-bond acceptors (Lipinski definition) is 2. The van der Waals surface area contributed by atoms with Gasteiger partial charge in [0, 0.05) is 12.0 Å². The first-order valence-electron chi connectivity index (χ1n) is 6.31. The van der Waals surface area contributed by atoms with Gasteiger partial charge in [0.15, 0.2) is 0 Å².